The predicted molar refractivity (Wildman–Crippen MR) is 119 cm³/mol. The van der Waals surface area contributed by atoms with Gasteiger partial charge in [0.25, 0.3) is 0 Å². The van der Waals surface area contributed by atoms with E-state index < -0.39 is 6.04 Å². The predicted octanol–water partition coefficient (Wildman–Crippen LogP) is 4.68. The van der Waals surface area contributed by atoms with E-state index in [0.717, 1.165) is 24.8 Å². The summed E-state index contributed by atoms with van der Waals surface area (Å²) in [6, 6.07) is -0.0912. The molecular weight excluding hydrogens is 352 g/mol. The molecule has 0 saturated heterocycles. The summed E-state index contributed by atoms with van der Waals surface area (Å²) in [5.74, 6) is 0.315. The van der Waals surface area contributed by atoms with Gasteiger partial charge in [0.05, 0.1) is 12.5 Å². The molecule has 162 valence electrons. The van der Waals surface area contributed by atoms with Crippen LogP contribution in [0.25, 0.3) is 0 Å². The minimum Gasteiger partial charge on any atom is -0.462 e. The molecule has 1 saturated carbocycles. The first-order valence-electron chi connectivity index (χ1n) is 10.3. The van der Waals surface area contributed by atoms with Crippen molar-refractivity contribution in [2.75, 3.05) is 0 Å². The van der Waals surface area contributed by atoms with Crippen LogP contribution in [0.5, 0.6) is 0 Å². The van der Waals surface area contributed by atoms with Crippen molar-refractivity contribution >= 4 is 12.4 Å². The first kappa shape index (κ1) is 28.3. The maximum absolute atomic E-state index is 12.1. The third-order valence-electron chi connectivity index (χ3n) is 3.77. The van der Waals surface area contributed by atoms with Crippen LogP contribution in [0.15, 0.2) is 37.0 Å². The van der Waals surface area contributed by atoms with Crippen LogP contribution in [-0.2, 0) is 14.3 Å². The average molecular weight is 395 g/mol. The summed E-state index contributed by atoms with van der Waals surface area (Å²) in [4.78, 5) is 22.8. The van der Waals surface area contributed by atoms with E-state index in [1.54, 1.807) is 18.2 Å². The highest BCUT2D eigenvalue weighted by molar-refractivity contribution is 5.72. The highest BCUT2D eigenvalue weighted by atomic mass is 16.5. The molecule has 1 aliphatic rings. The number of hydrogen-bond acceptors (Lipinski definition) is 4. The van der Waals surface area contributed by atoms with Crippen LogP contribution in [0.2, 0.25) is 0 Å². The van der Waals surface area contributed by atoms with Gasteiger partial charge >= 0.3 is 5.97 Å². The third kappa shape index (κ3) is 16.3. The highest BCUT2D eigenvalue weighted by Gasteiger charge is 2.24. The zero-order valence-electron chi connectivity index (χ0n) is 18.6. The number of ether oxygens (including phenoxy) is 1. The van der Waals surface area contributed by atoms with Crippen molar-refractivity contribution in [1.29, 1.82) is 0 Å². The second-order valence-corrected chi connectivity index (χ2v) is 7.48. The minimum absolute atomic E-state index is 0.00805. The van der Waals surface area contributed by atoms with E-state index in [9.17, 15) is 9.59 Å². The molecule has 5 nitrogen and oxygen atoms in total. The second-order valence-electron chi connectivity index (χ2n) is 7.48. The van der Waals surface area contributed by atoms with Gasteiger partial charge in [-0.05, 0) is 36.8 Å². The SMILES string of the molecule is C=C/C=C(\C=C)C(CC(=O)OC1CCCC(C)C1)NC=O.CC(C)N.CCC. The number of allylic oxidation sites excluding steroid dienone is 2. The summed E-state index contributed by atoms with van der Waals surface area (Å²) >= 11 is 0. The van der Waals surface area contributed by atoms with Crippen LogP contribution in [0, 0.1) is 5.92 Å². The van der Waals surface area contributed by atoms with E-state index in [0.29, 0.717) is 18.4 Å². The van der Waals surface area contributed by atoms with Gasteiger partial charge in [0, 0.05) is 0 Å². The van der Waals surface area contributed by atoms with Crippen LogP contribution in [0.1, 0.15) is 73.1 Å². The molecule has 0 radical (unpaired) electrons. The number of carbonyl (C=O) groups is 2. The van der Waals surface area contributed by atoms with Crippen molar-refractivity contribution in [3.05, 3.63) is 37.0 Å². The van der Waals surface area contributed by atoms with Gasteiger partial charge in [-0.15, -0.1) is 0 Å². The van der Waals surface area contributed by atoms with E-state index in [1.807, 2.05) is 13.8 Å². The number of amides is 1. The van der Waals surface area contributed by atoms with Crippen LogP contribution < -0.4 is 11.1 Å². The molecule has 0 aromatic rings. The number of carbonyl (C=O) groups excluding carboxylic acids is 2. The summed E-state index contributed by atoms with van der Waals surface area (Å²) in [7, 11) is 0. The van der Waals surface area contributed by atoms with Gasteiger partial charge in [0.15, 0.2) is 0 Å². The maximum Gasteiger partial charge on any atom is 0.308 e. The summed E-state index contributed by atoms with van der Waals surface area (Å²) in [6.45, 7) is 17.6. The quantitative estimate of drug-likeness (QED) is 0.356. The van der Waals surface area contributed by atoms with E-state index in [-0.39, 0.29) is 18.5 Å². The molecule has 1 amide bonds. The lowest BCUT2D eigenvalue weighted by molar-refractivity contribution is -0.151. The van der Waals surface area contributed by atoms with Gasteiger partial charge in [0.1, 0.15) is 6.10 Å². The Balaban J connectivity index is 0. The first-order chi connectivity index (χ1) is 13.2. The van der Waals surface area contributed by atoms with Crippen LogP contribution in [0.4, 0.5) is 0 Å². The number of rotatable bonds is 8. The van der Waals surface area contributed by atoms with Crippen LogP contribution in [0.3, 0.4) is 0 Å². The zero-order valence-corrected chi connectivity index (χ0v) is 18.6. The Bertz CT molecular complexity index is 470. The van der Waals surface area contributed by atoms with E-state index in [1.165, 1.54) is 12.8 Å². The largest absolute Gasteiger partial charge is 0.462 e. The van der Waals surface area contributed by atoms with E-state index in [4.69, 9.17) is 10.5 Å². The van der Waals surface area contributed by atoms with Crippen molar-refractivity contribution in [2.24, 2.45) is 11.7 Å². The fraction of sp³-hybridized carbons (Fsp3) is 0.652. The molecule has 0 aliphatic heterocycles. The third-order valence-corrected chi connectivity index (χ3v) is 3.77. The highest BCUT2D eigenvalue weighted by Crippen LogP contribution is 2.26. The summed E-state index contributed by atoms with van der Waals surface area (Å²) in [5.41, 5.74) is 5.85. The second kappa shape index (κ2) is 18.5. The van der Waals surface area contributed by atoms with Crippen molar-refractivity contribution in [3.63, 3.8) is 0 Å². The summed E-state index contributed by atoms with van der Waals surface area (Å²) in [6.07, 6.45) is 11.0. The Labute approximate surface area is 172 Å². The topological polar surface area (TPSA) is 81.4 Å². The molecule has 0 spiro atoms. The molecular formula is C23H42N2O3. The van der Waals surface area contributed by atoms with Crippen LogP contribution >= 0.6 is 0 Å². The number of nitrogens with two attached hydrogens (primary N) is 1. The Morgan fingerprint density at radius 2 is 1.86 bits per heavy atom. The molecule has 1 rings (SSSR count). The Hall–Kier alpha value is -1.88. The standard InChI is InChI=1S/C17H25NO3.C3H9N.C3H8/c1-4-7-14(5-2)16(18-12-19)11-17(20)21-15-9-6-8-13(3)10-15;1-3(2)4;1-3-2/h4-5,7,12-13,15-16H,1-2,6,8-11H2,3H3,(H,18,19);3H,4H2,1-2H3;3H2,1-2H3/b14-7+;;. The molecule has 3 unspecified atom stereocenters. The van der Waals surface area contributed by atoms with Crippen molar-refractivity contribution < 1.29 is 14.3 Å². The molecule has 28 heavy (non-hydrogen) atoms. The van der Waals surface area contributed by atoms with E-state index >= 15 is 0 Å². The first-order valence-corrected chi connectivity index (χ1v) is 10.3. The van der Waals surface area contributed by atoms with E-state index in [2.05, 4.69) is 39.2 Å². The van der Waals surface area contributed by atoms with Crippen LogP contribution in [-0.4, -0.2) is 30.6 Å². The van der Waals surface area contributed by atoms with Gasteiger partial charge in [-0.2, -0.15) is 0 Å². The molecule has 1 fully saturated rings. The van der Waals surface area contributed by atoms with Crippen molar-refractivity contribution in [2.45, 2.75) is 91.3 Å². The summed E-state index contributed by atoms with van der Waals surface area (Å²) < 4.78 is 5.53. The maximum atomic E-state index is 12.1. The monoisotopic (exact) mass is 394 g/mol. The molecule has 3 N–H and O–H groups in total. The van der Waals surface area contributed by atoms with Gasteiger partial charge in [-0.25, -0.2) is 0 Å². The molecule has 0 heterocycles. The van der Waals surface area contributed by atoms with Gasteiger partial charge in [-0.1, -0.05) is 78.8 Å². The van der Waals surface area contributed by atoms with Crippen molar-refractivity contribution in [3.8, 4) is 0 Å². The Kier molecular flexibility index (Phi) is 18.7. The van der Waals surface area contributed by atoms with Gasteiger partial charge in [-0.3, -0.25) is 9.59 Å². The average Bonchev–Trinajstić information content (AvgIpc) is 2.59. The smallest absolute Gasteiger partial charge is 0.308 e. The number of nitrogens with one attached hydrogen (secondary N) is 1. The zero-order chi connectivity index (χ0) is 21.9. The van der Waals surface area contributed by atoms with Crippen molar-refractivity contribution in [1.82, 2.24) is 5.32 Å². The normalized spacial score (nSPS) is 19.8. The molecule has 3 atom stereocenters. The van der Waals surface area contributed by atoms with Gasteiger partial charge in [0.2, 0.25) is 6.41 Å². The lowest BCUT2D eigenvalue weighted by Gasteiger charge is -2.27. The van der Waals surface area contributed by atoms with Gasteiger partial charge < -0.3 is 15.8 Å². The molecule has 0 aromatic heterocycles. The molecule has 1 aliphatic carbocycles. The summed E-state index contributed by atoms with van der Waals surface area (Å²) in [5, 5.41) is 2.63. The number of hydrogen-bond donors (Lipinski definition) is 2. The lowest BCUT2D eigenvalue weighted by Crippen LogP contribution is -2.34. The Morgan fingerprint density at radius 1 is 1.29 bits per heavy atom. The minimum atomic E-state index is -0.425. The lowest BCUT2D eigenvalue weighted by atomic mass is 9.89. The molecule has 0 aromatic carbocycles. The molecule has 5 heteroatoms. The molecule has 0 bridgehead atoms. The Morgan fingerprint density at radius 3 is 2.29 bits per heavy atom. The number of esters is 1. The fourth-order valence-electron chi connectivity index (χ4n) is 2.70. The fourth-order valence-corrected chi connectivity index (χ4v) is 2.70.